The summed E-state index contributed by atoms with van der Waals surface area (Å²) in [5.74, 6) is 0.799. The normalized spacial score (nSPS) is 9.87. The minimum Gasteiger partial charge on any atom is -0.497 e. The van der Waals surface area contributed by atoms with E-state index in [2.05, 4.69) is 10.7 Å². The Labute approximate surface area is 95.2 Å². The molecule has 2 N–H and O–H groups in total. The number of ether oxygens (including phenoxy) is 1. The number of methoxy groups -OCH3 is 1. The Hall–Kier alpha value is -1.33. The predicted octanol–water partition coefficient (Wildman–Crippen LogP) is 1.46. The van der Waals surface area contributed by atoms with Crippen LogP contribution in [0.15, 0.2) is 24.3 Å². The number of thiocarbonyl (C=S) groups is 1. The molecule has 0 aromatic heterocycles. The fraction of sp³-hybridized carbons (Fsp3) is 0.300. The first-order valence-electron chi connectivity index (χ1n) is 4.51. The highest BCUT2D eigenvalue weighted by atomic mass is 32.1. The van der Waals surface area contributed by atoms with Gasteiger partial charge in [-0.15, -0.1) is 0 Å². The Kier molecular flexibility index (Phi) is 4.33. The van der Waals surface area contributed by atoms with Crippen molar-refractivity contribution >= 4 is 23.0 Å². The number of anilines is 1. The molecule has 15 heavy (non-hydrogen) atoms. The summed E-state index contributed by atoms with van der Waals surface area (Å²) in [4.78, 5) is 0. The standard InChI is InChI=1S/C10H15N3OS/c1-13(2)12-10(15)11-8-5-4-6-9(7-8)14-3/h4-7H,1-3H3,(H2,11,12,15). The minimum absolute atomic E-state index is 0.549. The maximum atomic E-state index is 5.10. The molecule has 4 nitrogen and oxygen atoms in total. The quantitative estimate of drug-likeness (QED) is 0.601. The summed E-state index contributed by atoms with van der Waals surface area (Å²) in [5, 5.41) is 5.37. The zero-order valence-electron chi connectivity index (χ0n) is 9.07. The molecule has 5 heteroatoms. The number of benzene rings is 1. The lowest BCUT2D eigenvalue weighted by molar-refractivity contribution is 0.365. The van der Waals surface area contributed by atoms with E-state index in [0.717, 1.165) is 11.4 Å². The average molecular weight is 225 g/mol. The molecule has 0 bridgehead atoms. The molecule has 1 aromatic rings. The van der Waals surface area contributed by atoms with Crippen LogP contribution >= 0.6 is 12.2 Å². The lowest BCUT2D eigenvalue weighted by Gasteiger charge is -2.15. The highest BCUT2D eigenvalue weighted by Gasteiger charge is 1.99. The summed E-state index contributed by atoms with van der Waals surface area (Å²) in [6, 6.07) is 7.59. The number of nitrogens with zero attached hydrogens (tertiary/aromatic N) is 1. The van der Waals surface area contributed by atoms with E-state index in [1.807, 2.05) is 38.4 Å². The zero-order chi connectivity index (χ0) is 11.3. The van der Waals surface area contributed by atoms with Crippen molar-refractivity contribution in [2.24, 2.45) is 0 Å². The molecule has 0 radical (unpaired) electrons. The van der Waals surface area contributed by atoms with Gasteiger partial charge in [-0.05, 0) is 24.4 Å². The molecule has 0 aliphatic carbocycles. The first-order valence-corrected chi connectivity index (χ1v) is 4.91. The number of rotatable bonds is 3. The number of hydrogen-bond donors (Lipinski definition) is 2. The lowest BCUT2D eigenvalue weighted by Crippen LogP contribution is -2.38. The summed E-state index contributed by atoms with van der Waals surface area (Å²) in [7, 11) is 5.38. The van der Waals surface area contributed by atoms with E-state index in [9.17, 15) is 0 Å². The van der Waals surface area contributed by atoms with E-state index >= 15 is 0 Å². The molecule has 82 valence electrons. The van der Waals surface area contributed by atoms with Crippen LogP contribution in [-0.4, -0.2) is 31.3 Å². The van der Waals surface area contributed by atoms with Crippen molar-refractivity contribution in [3.8, 4) is 5.75 Å². The molecule has 0 aliphatic rings. The van der Waals surface area contributed by atoms with Gasteiger partial charge < -0.3 is 10.1 Å². The van der Waals surface area contributed by atoms with Crippen molar-refractivity contribution in [3.05, 3.63) is 24.3 Å². The van der Waals surface area contributed by atoms with E-state index < -0.39 is 0 Å². The van der Waals surface area contributed by atoms with Gasteiger partial charge in [-0.3, -0.25) is 5.43 Å². The second-order valence-electron chi connectivity index (χ2n) is 3.19. The van der Waals surface area contributed by atoms with Crippen molar-refractivity contribution in [1.29, 1.82) is 0 Å². The molecular formula is C10H15N3OS. The van der Waals surface area contributed by atoms with Crippen LogP contribution in [-0.2, 0) is 0 Å². The van der Waals surface area contributed by atoms with Crippen molar-refractivity contribution in [3.63, 3.8) is 0 Å². The molecule has 0 heterocycles. The summed E-state index contributed by atoms with van der Waals surface area (Å²) in [5.41, 5.74) is 3.84. The van der Waals surface area contributed by atoms with Gasteiger partial charge in [0.05, 0.1) is 7.11 Å². The maximum absolute atomic E-state index is 5.10. The van der Waals surface area contributed by atoms with Crippen LogP contribution in [0.3, 0.4) is 0 Å². The predicted molar refractivity (Wildman–Crippen MR) is 66.0 cm³/mol. The van der Waals surface area contributed by atoms with E-state index in [1.165, 1.54) is 0 Å². The SMILES string of the molecule is COc1cccc(NC(=S)NN(C)C)c1. The molecule has 0 aliphatic heterocycles. The van der Waals surface area contributed by atoms with E-state index in [-0.39, 0.29) is 0 Å². The summed E-state index contributed by atoms with van der Waals surface area (Å²) >= 11 is 5.09. The van der Waals surface area contributed by atoms with E-state index in [4.69, 9.17) is 17.0 Å². The molecular weight excluding hydrogens is 210 g/mol. The first-order chi connectivity index (χ1) is 7.11. The van der Waals surface area contributed by atoms with Crippen LogP contribution < -0.4 is 15.5 Å². The van der Waals surface area contributed by atoms with Gasteiger partial charge in [0.2, 0.25) is 0 Å². The third kappa shape index (κ3) is 4.14. The van der Waals surface area contributed by atoms with Crippen LogP contribution in [0.2, 0.25) is 0 Å². The molecule has 0 spiro atoms. The smallest absolute Gasteiger partial charge is 0.185 e. The Morgan fingerprint density at radius 1 is 1.40 bits per heavy atom. The van der Waals surface area contributed by atoms with Crippen LogP contribution in [0, 0.1) is 0 Å². The Morgan fingerprint density at radius 2 is 2.13 bits per heavy atom. The summed E-state index contributed by atoms with van der Waals surface area (Å²) in [6.07, 6.45) is 0. The molecule has 0 unspecified atom stereocenters. The van der Waals surface area contributed by atoms with Gasteiger partial charge in [-0.2, -0.15) is 0 Å². The molecule has 0 amide bonds. The van der Waals surface area contributed by atoms with Crippen molar-refractivity contribution < 1.29 is 4.74 Å². The van der Waals surface area contributed by atoms with Gasteiger partial charge in [0, 0.05) is 25.8 Å². The topological polar surface area (TPSA) is 36.5 Å². The fourth-order valence-electron chi connectivity index (χ4n) is 1.06. The highest BCUT2D eigenvalue weighted by Crippen LogP contribution is 2.16. The third-order valence-corrected chi connectivity index (χ3v) is 1.85. The van der Waals surface area contributed by atoms with Crippen LogP contribution in [0.25, 0.3) is 0 Å². The number of nitrogens with one attached hydrogen (secondary N) is 2. The average Bonchev–Trinajstić information content (AvgIpc) is 2.16. The van der Waals surface area contributed by atoms with Gasteiger partial charge in [0.25, 0.3) is 0 Å². The molecule has 0 saturated heterocycles. The van der Waals surface area contributed by atoms with E-state index in [1.54, 1.807) is 12.1 Å². The highest BCUT2D eigenvalue weighted by molar-refractivity contribution is 7.80. The molecule has 0 fully saturated rings. The fourth-order valence-corrected chi connectivity index (χ4v) is 1.36. The molecule has 1 rings (SSSR count). The van der Waals surface area contributed by atoms with Gasteiger partial charge in [-0.25, -0.2) is 5.01 Å². The maximum Gasteiger partial charge on any atom is 0.185 e. The van der Waals surface area contributed by atoms with Crippen LogP contribution in [0.1, 0.15) is 0 Å². The molecule has 1 aromatic carbocycles. The monoisotopic (exact) mass is 225 g/mol. The van der Waals surface area contributed by atoms with Gasteiger partial charge in [0.15, 0.2) is 5.11 Å². The lowest BCUT2D eigenvalue weighted by atomic mass is 10.3. The number of hydrazine groups is 1. The van der Waals surface area contributed by atoms with Gasteiger partial charge in [0.1, 0.15) is 5.75 Å². The summed E-state index contributed by atoms with van der Waals surface area (Å²) < 4.78 is 5.10. The molecule has 0 atom stereocenters. The van der Waals surface area contributed by atoms with Gasteiger partial charge >= 0.3 is 0 Å². The van der Waals surface area contributed by atoms with Crippen molar-refractivity contribution in [2.75, 3.05) is 26.5 Å². The largest absolute Gasteiger partial charge is 0.497 e. The summed E-state index contributed by atoms with van der Waals surface area (Å²) in [6.45, 7) is 0. The van der Waals surface area contributed by atoms with Crippen LogP contribution in [0.5, 0.6) is 5.75 Å². The Bertz CT molecular complexity index is 341. The Balaban J connectivity index is 2.60. The zero-order valence-corrected chi connectivity index (χ0v) is 9.89. The second kappa shape index (κ2) is 5.53. The van der Waals surface area contributed by atoms with Crippen molar-refractivity contribution in [2.45, 2.75) is 0 Å². The first kappa shape index (κ1) is 11.7. The Morgan fingerprint density at radius 3 is 2.73 bits per heavy atom. The van der Waals surface area contributed by atoms with Crippen molar-refractivity contribution in [1.82, 2.24) is 10.4 Å². The van der Waals surface area contributed by atoms with Crippen LogP contribution in [0.4, 0.5) is 5.69 Å². The van der Waals surface area contributed by atoms with E-state index in [0.29, 0.717) is 5.11 Å². The minimum atomic E-state index is 0.549. The molecule has 0 saturated carbocycles. The third-order valence-electron chi connectivity index (χ3n) is 1.65. The van der Waals surface area contributed by atoms with Gasteiger partial charge in [-0.1, -0.05) is 6.07 Å². The second-order valence-corrected chi connectivity index (χ2v) is 3.60. The number of hydrogen-bond acceptors (Lipinski definition) is 3.